The van der Waals surface area contributed by atoms with Gasteiger partial charge < -0.3 is 15.2 Å². The van der Waals surface area contributed by atoms with Crippen LogP contribution in [0.3, 0.4) is 0 Å². The van der Waals surface area contributed by atoms with E-state index < -0.39 is 25.6 Å². The fraction of sp³-hybridized carbons (Fsp3) is 0.455. The molecule has 2 saturated heterocycles. The number of ether oxygens (including phenoxy) is 2. The Morgan fingerprint density at radius 2 is 1.16 bits per heavy atom. The SMILES string of the molecule is Cc1ccc(S(=O)(=O)N(C(CN)(CC2CO2)CC2CO2)S(=O)(=O)c2ccc(C)cc2)cc1. The molecule has 2 aliphatic heterocycles. The molecule has 4 rings (SSSR count). The maximum Gasteiger partial charge on any atom is 0.256 e. The number of epoxide rings is 2. The zero-order chi connectivity index (χ0) is 23.1. The van der Waals surface area contributed by atoms with Crippen molar-refractivity contribution in [2.75, 3.05) is 19.8 Å². The smallest absolute Gasteiger partial charge is 0.256 e. The molecule has 2 aromatic carbocycles. The molecule has 0 radical (unpaired) electrons. The molecule has 2 N–H and O–H groups in total. The Morgan fingerprint density at radius 3 is 1.44 bits per heavy atom. The highest BCUT2D eigenvalue weighted by Crippen LogP contribution is 2.41. The average Bonchev–Trinajstić information content (AvgIpc) is 3.66. The van der Waals surface area contributed by atoms with Crippen LogP contribution in [0, 0.1) is 13.8 Å². The van der Waals surface area contributed by atoms with Gasteiger partial charge in [-0.25, -0.2) is 16.8 Å². The summed E-state index contributed by atoms with van der Waals surface area (Å²) in [6.45, 7) is 4.35. The minimum Gasteiger partial charge on any atom is -0.373 e. The summed E-state index contributed by atoms with van der Waals surface area (Å²) in [4.78, 5) is -0.213. The summed E-state index contributed by atoms with van der Waals surface area (Å²) >= 11 is 0. The summed E-state index contributed by atoms with van der Waals surface area (Å²) < 4.78 is 67.2. The van der Waals surface area contributed by atoms with E-state index in [1.165, 1.54) is 24.3 Å². The summed E-state index contributed by atoms with van der Waals surface area (Å²) in [6, 6.07) is 12.2. The van der Waals surface area contributed by atoms with Crippen molar-refractivity contribution in [1.29, 1.82) is 0 Å². The minimum absolute atomic E-state index is 0.106. The molecule has 8 nitrogen and oxygen atoms in total. The minimum atomic E-state index is -4.48. The summed E-state index contributed by atoms with van der Waals surface area (Å²) in [5.41, 5.74) is 6.48. The summed E-state index contributed by atoms with van der Waals surface area (Å²) in [6.07, 6.45) is -0.165. The second kappa shape index (κ2) is 8.51. The van der Waals surface area contributed by atoms with Crippen LogP contribution in [0.4, 0.5) is 0 Å². The van der Waals surface area contributed by atoms with Gasteiger partial charge in [0.15, 0.2) is 0 Å². The highest BCUT2D eigenvalue weighted by Gasteiger charge is 2.55. The van der Waals surface area contributed by atoms with Crippen LogP contribution in [-0.4, -0.2) is 58.1 Å². The van der Waals surface area contributed by atoms with Crippen LogP contribution in [0.1, 0.15) is 24.0 Å². The average molecular weight is 481 g/mol. The van der Waals surface area contributed by atoms with Crippen molar-refractivity contribution in [3.63, 3.8) is 0 Å². The fourth-order valence-electron chi connectivity index (χ4n) is 3.94. The molecule has 2 aromatic rings. The van der Waals surface area contributed by atoms with Gasteiger partial charge in [-0.05, 0) is 51.0 Å². The normalized spacial score (nSPS) is 22.5. The monoisotopic (exact) mass is 480 g/mol. The Morgan fingerprint density at radius 1 is 0.812 bits per heavy atom. The molecule has 0 bridgehead atoms. The van der Waals surface area contributed by atoms with Crippen LogP contribution in [0.15, 0.2) is 58.3 Å². The van der Waals surface area contributed by atoms with Gasteiger partial charge in [-0.3, -0.25) is 0 Å². The van der Waals surface area contributed by atoms with Gasteiger partial charge in [-0.1, -0.05) is 39.1 Å². The van der Waals surface area contributed by atoms with E-state index in [1.807, 2.05) is 13.8 Å². The van der Waals surface area contributed by atoms with Gasteiger partial charge in [-0.2, -0.15) is 0 Å². The Bertz CT molecular complexity index is 1080. The zero-order valence-corrected chi connectivity index (χ0v) is 19.7. The van der Waals surface area contributed by atoms with Gasteiger partial charge in [0.25, 0.3) is 20.0 Å². The largest absolute Gasteiger partial charge is 0.373 e. The number of nitrogens with zero attached hydrogens (tertiary/aromatic N) is 1. The van der Waals surface area contributed by atoms with Gasteiger partial charge >= 0.3 is 0 Å². The van der Waals surface area contributed by atoms with Crippen molar-refractivity contribution in [2.24, 2.45) is 5.73 Å². The number of rotatable bonds is 10. The molecule has 10 heteroatoms. The van der Waals surface area contributed by atoms with E-state index >= 15 is 0 Å². The van der Waals surface area contributed by atoms with E-state index in [2.05, 4.69) is 0 Å². The number of aryl methyl sites for hydroxylation is 2. The van der Waals surface area contributed by atoms with Crippen LogP contribution in [-0.2, 0) is 29.5 Å². The highest BCUT2D eigenvalue weighted by atomic mass is 32.3. The van der Waals surface area contributed by atoms with E-state index in [0.29, 0.717) is 16.9 Å². The van der Waals surface area contributed by atoms with Crippen molar-refractivity contribution < 1.29 is 26.3 Å². The van der Waals surface area contributed by atoms with Crippen molar-refractivity contribution in [2.45, 2.75) is 54.2 Å². The second-order valence-electron chi connectivity index (χ2n) is 8.58. The first-order valence-electron chi connectivity index (χ1n) is 10.5. The van der Waals surface area contributed by atoms with Crippen LogP contribution >= 0.6 is 0 Å². The Balaban J connectivity index is 1.92. The van der Waals surface area contributed by atoms with Gasteiger partial charge in [0, 0.05) is 6.54 Å². The predicted octanol–water partition coefficient (Wildman–Crippen LogP) is 1.96. The molecular formula is C22H28N2O6S2. The number of benzene rings is 2. The third-order valence-electron chi connectivity index (χ3n) is 5.86. The summed E-state index contributed by atoms with van der Waals surface area (Å²) in [5.74, 6) is 0. The molecule has 0 amide bonds. The molecule has 2 heterocycles. The molecular weight excluding hydrogens is 452 g/mol. The first-order chi connectivity index (χ1) is 15.1. The van der Waals surface area contributed by atoms with Crippen molar-refractivity contribution >= 4 is 20.0 Å². The van der Waals surface area contributed by atoms with Crippen molar-refractivity contribution in [3.05, 3.63) is 59.7 Å². The zero-order valence-electron chi connectivity index (χ0n) is 18.1. The number of nitrogens with two attached hydrogens (primary N) is 1. The molecule has 0 spiro atoms. The van der Waals surface area contributed by atoms with E-state index in [4.69, 9.17) is 15.2 Å². The van der Waals surface area contributed by atoms with Gasteiger partial charge in [0.2, 0.25) is 0 Å². The summed E-state index contributed by atoms with van der Waals surface area (Å²) in [5, 5.41) is 0. The van der Waals surface area contributed by atoms with Crippen molar-refractivity contribution in [1.82, 2.24) is 3.71 Å². The topological polar surface area (TPSA) is 123 Å². The quantitative estimate of drug-likeness (QED) is 0.516. The fourth-order valence-corrected chi connectivity index (χ4v) is 8.30. The highest BCUT2D eigenvalue weighted by molar-refractivity contribution is 8.04. The first kappa shape index (κ1) is 23.3. The van der Waals surface area contributed by atoms with E-state index in [9.17, 15) is 16.8 Å². The van der Waals surface area contributed by atoms with Crippen molar-refractivity contribution in [3.8, 4) is 0 Å². The second-order valence-corrected chi connectivity index (χ2v) is 12.4. The first-order valence-corrected chi connectivity index (χ1v) is 13.3. The maximum absolute atomic E-state index is 13.9. The molecule has 2 aliphatic rings. The molecule has 32 heavy (non-hydrogen) atoms. The Kier molecular flexibility index (Phi) is 6.21. The van der Waals surface area contributed by atoms with E-state index in [0.717, 1.165) is 11.1 Å². The lowest BCUT2D eigenvalue weighted by molar-refractivity contribution is 0.195. The van der Waals surface area contributed by atoms with Crippen LogP contribution in [0.5, 0.6) is 0 Å². The van der Waals surface area contributed by atoms with Crippen LogP contribution in [0.25, 0.3) is 0 Å². The predicted molar refractivity (Wildman–Crippen MR) is 119 cm³/mol. The van der Waals surface area contributed by atoms with Crippen LogP contribution in [0.2, 0.25) is 0 Å². The summed E-state index contributed by atoms with van der Waals surface area (Å²) in [7, 11) is -8.97. The Labute approximate surface area is 189 Å². The van der Waals surface area contributed by atoms with Crippen LogP contribution < -0.4 is 5.73 Å². The van der Waals surface area contributed by atoms with Gasteiger partial charge in [0.1, 0.15) is 0 Å². The van der Waals surface area contributed by atoms with Gasteiger partial charge in [0.05, 0.1) is 40.8 Å². The molecule has 0 saturated carbocycles. The molecule has 0 aromatic heterocycles. The van der Waals surface area contributed by atoms with E-state index in [1.54, 1.807) is 24.3 Å². The molecule has 174 valence electrons. The number of hydrogen-bond acceptors (Lipinski definition) is 7. The third kappa shape index (κ3) is 4.61. The number of hydrogen-bond donors (Lipinski definition) is 1. The van der Waals surface area contributed by atoms with Gasteiger partial charge in [-0.15, -0.1) is 0 Å². The molecule has 0 aliphatic carbocycles. The Hall–Kier alpha value is -1.82. The lowest BCUT2D eigenvalue weighted by atomic mass is 9.89. The molecule has 2 atom stereocenters. The molecule has 2 unspecified atom stereocenters. The molecule has 2 fully saturated rings. The lowest BCUT2D eigenvalue weighted by Crippen LogP contribution is -2.59. The number of sulfonamides is 2. The van der Waals surface area contributed by atoms with E-state index in [-0.39, 0.29) is 41.4 Å². The standard InChI is InChI=1S/C22H28N2O6S2/c1-16-3-7-20(8-4-16)31(25,26)24(32(27,28)21-9-5-17(2)6-10-21)22(15-23,11-18-13-29-18)12-19-14-30-19/h3-10,18-19H,11-15,23H2,1-2H3. The lowest BCUT2D eigenvalue weighted by Gasteiger charge is -2.41. The third-order valence-corrected chi connectivity index (χ3v) is 10.4. The maximum atomic E-state index is 13.9.